The lowest BCUT2D eigenvalue weighted by molar-refractivity contribution is 0.102. The Hall–Kier alpha value is -2.69. The predicted octanol–water partition coefficient (Wildman–Crippen LogP) is 3.03. The molecule has 0 radical (unpaired) electrons. The zero-order chi connectivity index (χ0) is 15.5. The van der Waals surface area contributed by atoms with Gasteiger partial charge in [-0.05, 0) is 36.8 Å². The molecular formula is C17H17NO4. The molecule has 0 saturated carbocycles. The van der Waals surface area contributed by atoms with E-state index in [4.69, 9.17) is 14.2 Å². The molecule has 1 N–H and O–H groups in total. The van der Waals surface area contributed by atoms with E-state index in [1.807, 2.05) is 25.1 Å². The summed E-state index contributed by atoms with van der Waals surface area (Å²) in [5.41, 5.74) is 2.01. The van der Waals surface area contributed by atoms with Gasteiger partial charge in [-0.3, -0.25) is 4.79 Å². The lowest BCUT2D eigenvalue weighted by Crippen LogP contribution is -2.18. The van der Waals surface area contributed by atoms with Crippen molar-refractivity contribution in [3.05, 3.63) is 47.5 Å². The first kappa shape index (κ1) is 14.3. The first-order chi connectivity index (χ1) is 10.7. The monoisotopic (exact) mass is 299 g/mol. The molecule has 22 heavy (non-hydrogen) atoms. The second kappa shape index (κ2) is 5.97. The predicted molar refractivity (Wildman–Crippen MR) is 83.1 cm³/mol. The molecule has 1 aliphatic heterocycles. The van der Waals surface area contributed by atoms with E-state index in [2.05, 4.69) is 5.32 Å². The fourth-order valence-corrected chi connectivity index (χ4v) is 2.37. The second-order valence-corrected chi connectivity index (χ2v) is 4.97. The summed E-state index contributed by atoms with van der Waals surface area (Å²) in [6, 6.07) is 10.8. The van der Waals surface area contributed by atoms with Crippen LogP contribution in [0, 0.1) is 6.92 Å². The van der Waals surface area contributed by atoms with Gasteiger partial charge in [0.05, 0.1) is 12.8 Å². The van der Waals surface area contributed by atoms with Gasteiger partial charge in [-0.2, -0.15) is 0 Å². The zero-order valence-corrected chi connectivity index (χ0v) is 12.5. The van der Waals surface area contributed by atoms with Crippen LogP contribution in [-0.2, 0) is 0 Å². The molecule has 2 aromatic rings. The van der Waals surface area contributed by atoms with Crippen LogP contribution in [0.3, 0.4) is 0 Å². The van der Waals surface area contributed by atoms with Crippen LogP contribution >= 0.6 is 0 Å². The van der Waals surface area contributed by atoms with Crippen molar-refractivity contribution in [2.75, 3.05) is 25.6 Å². The molecule has 0 spiro atoms. The Bertz CT molecular complexity index is 712. The van der Waals surface area contributed by atoms with E-state index in [0.717, 1.165) is 5.56 Å². The van der Waals surface area contributed by atoms with Crippen LogP contribution in [0.4, 0.5) is 5.69 Å². The number of hydrogen-bond acceptors (Lipinski definition) is 4. The Balaban J connectivity index is 1.89. The summed E-state index contributed by atoms with van der Waals surface area (Å²) in [4.78, 5) is 12.5. The molecule has 0 atom stereocenters. The summed E-state index contributed by atoms with van der Waals surface area (Å²) >= 11 is 0. The maximum Gasteiger partial charge on any atom is 0.256 e. The molecule has 5 heteroatoms. The van der Waals surface area contributed by atoms with Crippen LogP contribution < -0.4 is 19.5 Å². The third-order valence-electron chi connectivity index (χ3n) is 3.49. The molecule has 0 unspecified atom stereocenters. The molecule has 0 bridgehead atoms. The van der Waals surface area contributed by atoms with Crippen molar-refractivity contribution in [3.8, 4) is 17.2 Å². The number of benzene rings is 2. The third-order valence-corrected chi connectivity index (χ3v) is 3.49. The van der Waals surface area contributed by atoms with Crippen LogP contribution in [0.5, 0.6) is 17.2 Å². The molecule has 0 saturated heterocycles. The third kappa shape index (κ3) is 2.70. The number of hydrogen-bond donors (Lipinski definition) is 1. The summed E-state index contributed by atoms with van der Waals surface area (Å²) < 4.78 is 16.3. The topological polar surface area (TPSA) is 56.8 Å². The number of fused-ring (bicyclic) bond motifs is 1. The van der Waals surface area contributed by atoms with Gasteiger partial charge < -0.3 is 19.5 Å². The number of methoxy groups -OCH3 is 1. The highest BCUT2D eigenvalue weighted by atomic mass is 16.6. The fraction of sp³-hybridized carbons (Fsp3) is 0.235. The fourth-order valence-electron chi connectivity index (χ4n) is 2.37. The lowest BCUT2D eigenvalue weighted by Gasteiger charge is -2.20. The number of rotatable bonds is 3. The maximum atomic E-state index is 12.5. The van der Waals surface area contributed by atoms with E-state index in [1.165, 1.54) is 0 Å². The van der Waals surface area contributed by atoms with Gasteiger partial charge in [0, 0.05) is 5.56 Å². The molecule has 3 rings (SSSR count). The molecule has 0 aromatic heterocycles. The van der Waals surface area contributed by atoms with Crippen LogP contribution in [0.15, 0.2) is 36.4 Å². The van der Waals surface area contributed by atoms with Crippen molar-refractivity contribution < 1.29 is 19.0 Å². The summed E-state index contributed by atoms with van der Waals surface area (Å²) in [5.74, 6) is 1.68. The van der Waals surface area contributed by atoms with Crippen molar-refractivity contribution in [3.63, 3.8) is 0 Å². The lowest BCUT2D eigenvalue weighted by atomic mass is 10.1. The molecule has 1 heterocycles. The van der Waals surface area contributed by atoms with Gasteiger partial charge in [0.1, 0.15) is 19.0 Å². The van der Waals surface area contributed by atoms with Gasteiger partial charge in [0.25, 0.3) is 5.91 Å². The molecule has 5 nitrogen and oxygen atoms in total. The number of ether oxygens (including phenoxy) is 3. The zero-order valence-electron chi connectivity index (χ0n) is 12.5. The van der Waals surface area contributed by atoms with E-state index in [-0.39, 0.29) is 5.91 Å². The second-order valence-electron chi connectivity index (χ2n) is 4.97. The van der Waals surface area contributed by atoms with Gasteiger partial charge >= 0.3 is 0 Å². The van der Waals surface area contributed by atoms with E-state index in [1.54, 1.807) is 25.3 Å². The van der Waals surface area contributed by atoms with Gasteiger partial charge in [0.2, 0.25) is 0 Å². The molecule has 2 aromatic carbocycles. The Morgan fingerprint density at radius 2 is 1.82 bits per heavy atom. The van der Waals surface area contributed by atoms with Gasteiger partial charge in [-0.1, -0.05) is 12.1 Å². The van der Waals surface area contributed by atoms with Gasteiger partial charge in [0.15, 0.2) is 11.5 Å². The quantitative estimate of drug-likeness (QED) is 0.946. The number of nitrogens with one attached hydrogen (secondary N) is 1. The van der Waals surface area contributed by atoms with E-state index in [0.29, 0.717) is 41.7 Å². The molecule has 114 valence electrons. The Labute approximate surface area is 128 Å². The number of carbonyl (C=O) groups excluding carboxylic acids is 1. The van der Waals surface area contributed by atoms with Gasteiger partial charge in [-0.25, -0.2) is 0 Å². The standard InChI is InChI=1S/C17H17NO4/c1-11-9-15-16(22-8-7-21-15)10-12(11)17(19)18-13-5-3-4-6-14(13)20-2/h3-6,9-10H,7-8H2,1-2H3,(H,18,19). The first-order valence-electron chi connectivity index (χ1n) is 7.03. The van der Waals surface area contributed by atoms with Crippen molar-refractivity contribution in [1.82, 2.24) is 0 Å². The highest BCUT2D eigenvalue weighted by Gasteiger charge is 2.18. The van der Waals surface area contributed by atoms with E-state index in [9.17, 15) is 4.79 Å². The van der Waals surface area contributed by atoms with Crippen molar-refractivity contribution in [1.29, 1.82) is 0 Å². The van der Waals surface area contributed by atoms with Crippen LogP contribution in [0.25, 0.3) is 0 Å². The highest BCUT2D eigenvalue weighted by molar-refractivity contribution is 6.06. The smallest absolute Gasteiger partial charge is 0.256 e. The minimum Gasteiger partial charge on any atom is -0.495 e. The molecular weight excluding hydrogens is 282 g/mol. The summed E-state index contributed by atoms with van der Waals surface area (Å²) in [7, 11) is 1.57. The molecule has 0 aliphatic carbocycles. The molecule has 0 fully saturated rings. The van der Waals surface area contributed by atoms with Gasteiger partial charge in [-0.15, -0.1) is 0 Å². The SMILES string of the molecule is COc1ccccc1NC(=O)c1cc2c(cc1C)OCCO2. The minimum atomic E-state index is -0.209. The summed E-state index contributed by atoms with van der Waals surface area (Å²) in [6.45, 7) is 2.89. The normalized spacial score (nSPS) is 12.6. The largest absolute Gasteiger partial charge is 0.495 e. The Kier molecular flexibility index (Phi) is 3.87. The van der Waals surface area contributed by atoms with E-state index >= 15 is 0 Å². The Morgan fingerprint density at radius 3 is 2.55 bits per heavy atom. The maximum absolute atomic E-state index is 12.5. The number of carbonyl (C=O) groups is 1. The average molecular weight is 299 g/mol. The van der Waals surface area contributed by atoms with Crippen molar-refractivity contribution >= 4 is 11.6 Å². The van der Waals surface area contributed by atoms with E-state index < -0.39 is 0 Å². The summed E-state index contributed by atoms with van der Waals surface area (Å²) in [5, 5.41) is 2.87. The van der Waals surface area contributed by atoms with Crippen LogP contribution in [-0.4, -0.2) is 26.2 Å². The van der Waals surface area contributed by atoms with Crippen LogP contribution in [0.2, 0.25) is 0 Å². The van der Waals surface area contributed by atoms with Crippen molar-refractivity contribution in [2.24, 2.45) is 0 Å². The average Bonchev–Trinajstić information content (AvgIpc) is 2.54. The number of aryl methyl sites for hydroxylation is 1. The number of anilines is 1. The Morgan fingerprint density at radius 1 is 1.14 bits per heavy atom. The molecule has 1 amide bonds. The molecule has 1 aliphatic rings. The first-order valence-corrected chi connectivity index (χ1v) is 7.03. The number of amides is 1. The van der Waals surface area contributed by atoms with Crippen molar-refractivity contribution in [2.45, 2.75) is 6.92 Å². The summed E-state index contributed by atoms with van der Waals surface area (Å²) in [6.07, 6.45) is 0. The number of para-hydroxylation sites is 2. The minimum absolute atomic E-state index is 0.209. The highest BCUT2D eigenvalue weighted by Crippen LogP contribution is 2.33. The van der Waals surface area contributed by atoms with Crippen LogP contribution in [0.1, 0.15) is 15.9 Å².